The lowest BCUT2D eigenvalue weighted by Crippen LogP contribution is -2.47. The van der Waals surface area contributed by atoms with Gasteiger partial charge < -0.3 is 24.2 Å². The van der Waals surface area contributed by atoms with Crippen molar-refractivity contribution in [2.45, 2.75) is 29.3 Å². The summed E-state index contributed by atoms with van der Waals surface area (Å²) in [6.07, 6.45) is -3.57. The van der Waals surface area contributed by atoms with Crippen LogP contribution >= 0.6 is 11.8 Å². The van der Waals surface area contributed by atoms with Gasteiger partial charge >= 0.3 is 12.1 Å². The summed E-state index contributed by atoms with van der Waals surface area (Å²) in [5.74, 6) is 0.0598. The van der Waals surface area contributed by atoms with Gasteiger partial charge in [-0.05, 0) is 61.7 Å². The molecule has 6 rings (SSSR count). The highest BCUT2D eigenvalue weighted by Crippen LogP contribution is 2.49. The van der Waals surface area contributed by atoms with Crippen LogP contribution in [0.5, 0.6) is 5.75 Å². The van der Waals surface area contributed by atoms with E-state index < -0.39 is 17.7 Å². The average Bonchev–Trinajstić information content (AvgIpc) is 3.09. The number of fused-ring (bicyclic) bond motifs is 3. The molecule has 0 spiro atoms. The van der Waals surface area contributed by atoms with Crippen molar-refractivity contribution in [2.24, 2.45) is 5.92 Å². The minimum Gasteiger partial charge on any atom is -0.491 e. The van der Waals surface area contributed by atoms with Crippen LogP contribution in [0.25, 0.3) is 10.8 Å². The monoisotopic (exact) mass is 692 g/mol. The standard InChI is InChI=1S/C38H43F3N4O3S/c1-27(26-48-33-15-13-28-9-4-5-10-30(28)36(33)42(2)3)37(46)47-24-23-44-21-19-43(20-22-44)17-8-18-45-31-11-6-7-12-34(31)49-35-16-14-29(25-32(35)45)38(39,40)41/h4-7,9-16,25,27H,8,17-24,26H2,1-3H3. The number of carbonyl (C=O) groups excluding carboxylic acids is 1. The molecule has 11 heteroatoms. The first kappa shape index (κ1) is 34.9. The van der Waals surface area contributed by atoms with E-state index in [2.05, 4.69) is 21.9 Å². The number of hydrogen-bond acceptors (Lipinski definition) is 8. The molecule has 1 unspecified atom stereocenters. The van der Waals surface area contributed by atoms with E-state index in [0.29, 0.717) is 25.4 Å². The summed E-state index contributed by atoms with van der Waals surface area (Å²) in [4.78, 5) is 23.4. The van der Waals surface area contributed by atoms with Crippen LogP contribution in [0, 0.1) is 5.92 Å². The molecule has 0 saturated carbocycles. The minimum atomic E-state index is -4.39. The Balaban J connectivity index is 0.932. The van der Waals surface area contributed by atoms with Crippen LogP contribution < -0.4 is 14.5 Å². The van der Waals surface area contributed by atoms with Gasteiger partial charge in [0.05, 0.1) is 28.5 Å². The number of piperazine rings is 1. The number of carbonyl (C=O) groups is 1. The van der Waals surface area contributed by atoms with Crippen LogP contribution in [0.1, 0.15) is 18.9 Å². The van der Waals surface area contributed by atoms with E-state index in [1.807, 2.05) is 79.3 Å². The summed E-state index contributed by atoms with van der Waals surface area (Å²) in [6.45, 7) is 8.05. The molecule has 0 radical (unpaired) electrons. The maximum atomic E-state index is 13.6. The van der Waals surface area contributed by atoms with Crippen LogP contribution in [0.15, 0.2) is 88.7 Å². The highest BCUT2D eigenvalue weighted by Gasteiger charge is 2.33. The number of para-hydroxylation sites is 1. The maximum absolute atomic E-state index is 13.6. The molecule has 260 valence electrons. The summed E-state index contributed by atoms with van der Waals surface area (Å²) in [6, 6.07) is 24.1. The minimum absolute atomic E-state index is 0.230. The Kier molecular flexibility index (Phi) is 10.9. The molecule has 4 aromatic rings. The topological polar surface area (TPSA) is 48.5 Å². The van der Waals surface area contributed by atoms with E-state index in [4.69, 9.17) is 9.47 Å². The fourth-order valence-electron chi connectivity index (χ4n) is 6.45. The third-order valence-corrected chi connectivity index (χ3v) is 10.3. The van der Waals surface area contributed by atoms with E-state index in [-0.39, 0.29) is 12.6 Å². The molecule has 0 bridgehead atoms. The molecular weight excluding hydrogens is 650 g/mol. The molecule has 0 aliphatic carbocycles. The fraction of sp³-hybridized carbons (Fsp3) is 0.395. The molecule has 2 aliphatic rings. The van der Waals surface area contributed by atoms with Gasteiger partial charge in [0, 0.05) is 68.5 Å². The van der Waals surface area contributed by atoms with Crippen LogP contribution in [-0.4, -0.2) is 88.9 Å². The third-order valence-electron chi connectivity index (χ3n) is 9.13. The van der Waals surface area contributed by atoms with E-state index in [1.54, 1.807) is 6.07 Å². The summed E-state index contributed by atoms with van der Waals surface area (Å²) >= 11 is 1.52. The van der Waals surface area contributed by atoms with Gasteiger partial charge in [0.15, 0.2) is 0 Å². The zero-order valence-electron chi connectivity index (χ0n) is 28.2. The molecule has 2 heterocycles. The first-order valence-corrected chi connectivity index (χ1v) is 17.6. The second kappa shape index (κ2) is 15.3. The highest BCUT2D eigenvalue weighted by atomic mass is 32.2. The Morgan fingerprint density at radius 3 is 2.31 bits per heavy atom. The molecule has 0 aromatic heterocycles. The lowest BCUT2D eigenvalue weighted by Gasteiger charge is -2.36. The molecule has 0 N–H and O–H groups in total. The molecule has 49 heavy (non-hydrogen) atoms. The van der Waals surface area contributed by atoms with Crippen LogP contribution in [0.4, 0.5) is 30.2 Å². The number of hydrogen-bond donors (Lipinski definition) is 0. The van der Waals surface area contributed by atoms with Crippen molar-refractivity contribution in [3.63, 3.8) is 0 Å². The van der Waals surface area contributed by atoms with E-state index in [0.717, 1.165) is 76.8 Å². The summed E-state index contributed by atoms with van der Waals surface area (Å²) < 4.78 is 52.4. The van der Waals surface area contributed by atoms with Crippen molar-refractivity contribution in [3.05, 3.63) is 84.4 Å². The average molecular weight is 693 g/mol. The van der Waals surface area contributed by atoms with Gasteiger partial charge in [0.1, 0.15) is 19.0 Å². The van der Waals surface area contributed by atoms with Gasteiger partial charge in [-0.15, -0.1) is 0 Å². The Morgan fingerprint density at radius 1 is 0.857 bits per heavy atom. The first-order valence-electron chi connectivity index (χ1n) is 16.8. The molecule has 0 amide bonds. The van der Waals surface area contributed by atoms with Gasteiger partial charge in [-0.25, -0.2) is 0 Å². The van der Waals surface area contributed by atoms with Gasteiger partial charge in [-0.1, -0.05) is 54.2 Å². The number of rotatable bonds is 12. The largest absolute Gasteiger partial charge is 0.491 e. The van der Waals surface area contributed by atoms with Crippen LogP contribution in [0.2, 0.25) is 0 Å². The number of alkyl halides is 3. The Morgan fingerprint density at radius 2 is 1.55 bits per heavy atom. The molecule has 7 nitrogen and oxygen atoms in total. The zero-order valence-corrected chi connectivity index (χ0v) is 29.0. The predicted octanol–water partition coefficient (Wildman–Crippen LogP) is 7.79. The van der Waals surface area contributed by atoms with Crippen molar-refractivity contribution < 1.29 is 27.4 Å². The van der Waals surface area contributed by atoms with Crippen molar-refractivity contribution >= 4 is 45.6 Å². The summed E-state index contributed by atoms with van der Waals surface area (Å²) in [5, 5.41) is 2.23. The molecule has 2 aliphatic heterocycles. The van der Waals surface area contributed by atoms with E-state index in [9.17, 15) is 18.0 Å². The highest BCUT2D eigenvalue weighted by molar-refractivity contribution is 7.99. The fourth-order valence-corrected chi connectivity index (χ4v) is 7.52. The second-order valence-corrected chi connectivity index (χ2v) is 13.9. The van der Waals surface area contributed by atoms with E-state index in [1.165, 1.54) is 23.9 Å². The summed E-state index contributed by atoms with van der Waals surface area (Å²) in [7, 11) is 3.97. The number of halogens is 3. The molecule has 1 atom stereocenters. The first-order chi connectivity index (χ1) is 23.6. The molecular formula is C38H43F3N4O3S. The zero-order chi connectivity index (χ0) is 34.5. The van der Waals surface area contributed by atoms with Crippen LogP contribution in [-0.2, 0) is 15.7 Å². The normalized spacial score (nSPS) is 15.8. The molecule has 1 saturated heterocycles. The van der Waals surface area contributed by atoms with Gasteiger partial charge in [0.25, 0.3) is 0 Å². The van der Waals surface area contributed by atoms with Gasteiger partial charge in [-0.2, -0.15) is 13.2 Å². The third kappa shape index (κ3) is 8.28. The Hall–Kier alpha value is -3.93. The quantitative estimate of drug-likeness (QED) is 0.140. The lowest BCUT2D eigenvalue weighted by molar-refractivity contribution is -0.149. The predicted molar refractivity (Wildman–Crippen MR) is 190 cm³/mol. The van der Waals surface area contributed by atoms with Crippen molar-refractivity contribution in [1.82, 2.24) is 9.80 Å². The number of anilines is 3. The number of benzene rings is 4. The number of esters is 1. The van der Waals surface area contributed by atoms with Crippen LogP contribution in [0.3, 0.4) is 0 Å². The summed E-state index contributed by atoms with van der Waals surface area (Å²) in [5.41, 5.74) is 1.93. The van der Waals surface area contributed by atoms with Crippen molar-refractivity contribution in [2.75, 3.05) is 82.9 Å². The van der Waals surface area contributed by atoms with Gasteiger partial charge in [-0.3, -0.25) is 9.69 Å². The maximum Gasteiger partial charge on any atom is 0.416 e. The number of ether oxygens (including phenoxy) is 2. The van der Waals surface area contributed by atoms with Crippen molar-refractivity contribution in [1.29, 1.82) is 0 Å². The lowest BCUT2D eigenvalue weighted by atomic mass is 10.1. The van der Waals surface area contributed by atoms with Crippen molar-refractivity contribution in [3.8, 4) is 5.75 Å². The second-order valence-electron chi connectivity index (χ2n) is 12.8. The van der Waals surface area contributed by atoms with Gasteiger partial charge in [0.2, 0.25) is 0 Å². The Labute approximate surface area is 290 Å². The Bertz CT molecular complexity index is 1760. The van der Waals surface area contributed by atoms with E-state index >= 15 is 0 Å². The smallest absolute Gasteiger partial charge is 0.416 e. The molecule has 4 aromatic carbocycles. The molecule has 1 fully saturated rings. The number of nitrogens with zero attached hydrogens (tertiary/aromatic N) is 4. The SMILES string of the molecule is CC(COc1ccc2ccccc2c1N(C)C)C(=O)OCCN1CCN(CCCN2c3ccccc3Sc3ccc(C(F)(F)F)cc32)CC1.